The highest BCUT2D eigenvalue weighted by Crippen LogP contribution is 2.43. The third-order valence-electron chi connectivity index (χ3n) is 6.65. The van der Waals surface area contributed by atoms with E-state index in [0.29, 0.717) is 6.61 Å². The Hall–Kier alpha value is -0.0231. The number of aliphatic hydroxyl groups is 2. The van der Waals surface area contributed by atoms with Crippen LogP contribution in [0.5, 0.6) is 0 Å². The van der Waals surface area contributed by atoms with Crippen molar-refractivity contribution in [2.45, 2.75) is 83.8 Å². The van der Waals surface area contributed by atoms with Gasteiger partial charge in [-0.05, 0) is 18.1 Å². The maximum Gasteiger partial charge on any atom is 0.199 e. The first-order valence-corrected chi connectivity index (χ1v) is 12.9. The van der Waals surface area contributed by atoms with Crippen LogP contribution in [0.2, 0.25) is 18.1 Å². The molecule has 162 valence electrons. The second kappa shape index (κ2) is 9.20. The van der Waals surface area contributed by atoms with Gasteiger partial charge in [0.2, 0.25) is 0 Å². The molecule has 2 N–H and O–H groups in total. The third-order valence-corrected chi connectivity index (χ3v) is 11.1. The Morgan fingerprint density at radius 2 is 1.70 bits per heavy atom. The van der Waals surface area contributed by atoms with E-state index in [0.717, 1.165) is 0 Å². The van der Waals surface area contributed by atoms with E-state index in [4.69, 9.17) is 18.6 Å². The molecule has 1 heterocycles. The lowest BCUT2D eigenvalue weighted by molar-refractivity contribution is -0.369. The quantitative estimate of drug-likeness (QED) is 0.603. The summed E-state index contributed by atoms with van der Waals surface area (Å²) in [6.07, 6.45) is -1.33. The van der Waals surface area contributed by atoms with E-state index < -0.39 is 20.2 Å². The average molecular weight is 407 g/mol. The van der Waals surface area contributed by atoms with Crippen LogP contribution in [0.4, 0.5) is 0 Å². The smallest absolute Gasteiger partial charge is 0.199 e. The van der Waals surface area contributed by atoms with Gasteiger partial charge in [0, 0.05) is 45.2 Å². The molecule has 0 unspecified atom stereocenters. The molecule has 27 heavy (non-hydrogen) atoms. The SMILES string of the molecule is CO[C@H]1[C@H](C)[C@H]([C@@H](C)CO)O[C@](O)([C@H](C)CO[Si](C)(C)C(C)(C)C)[C@@H]1OC. The normalized spacial score (nSPS) is 35.1. The van der Waals surface area contributed by atoms with Gasteiger partial charge in [-0.2, -0.15) is 0 Å². The van der Waals surface area contributed by atoms with Crippen molar-refractivity contribution in [1.82, 2.24) is 0 Å². The molecule has 1 aliphatic heterocycles. The molecular formula is C20H42O6Si. The van der Waals surface area contributed by atoms with Gasteiger partial charge in [-0.1, -0.05) is 41.5 Å². The molecule has 0 spiro atoms. The maximum absolute atomic E-state index is 11.6. The minimum atomic E-state index is -1.96. The molecule has 0 radical (unpaired) electrons. The maximum atomic E-state index is 11.6. The predicted molar refractivity (Wildman–Crippen MR) is 109 cm³/mol. The second-order valence-electron chi connectivity index (χ2n) is 9.68. The summed E-state index contributed by atoms with van der Waals surface area (Å²) in [6, 6.07) is 0. The van der Waals surface area contributed by atoms with Gasteiger partial charge in [0.15, 0.2) is 14.1 Å². The average Bonchev–Trinajstić information content (AvgIpc) is 2.59. The monoisotopic (exact) mass is 406 g/mol. The number of methoxy groups -OCH3 is 2. The van der Waals surface area contributed by atoms with E-state index in [-0.39, 0.29) is 41.6 Å². The van der Waals surface area contributed by atoms with Crippen LogP contribution in [-0.4, -0.2) is 70.1 Å². The van der Waals surface area contributed by atoms with Crippen molar-refractivity contribution >= 4 is 8.32 Å². The predicted octanol–water partition coefficient (Wildman–Crippen LogP) is 3.03. The van der Waals surface area contributed by atoms with Crippen molar-refractivity contribution in [3.8, 4) is 0 Å². The van der Waals surface area contributed by atoms with Crippen LogP contribution in [0.15, 0.2) is 0 Å². The molecule has 0 bridgehead atoms. The molecule has 1 aliphatic rings. The van der Waals surface area contributed by atoms with E-state index in [1.54, 1.807) is 14.2 Å². The first-order valence-electron chi connectivity index (χ1n) is 9.97. The Labute approximate surface area is 166 Å². The molecule has 1 fully saturated rings. The van der Waals surface area contributed by atoms with Gasteiger partial charge in [-0.15, -0.1) is 0 Å². The zero-order valence-electron chi connectivity index (χ0n) is 18.9. The van der Waals surface area contributed by atoms with Crippen LogP contribution in [0.3, 0.4) is 0 Å². The summed E-state index contributed by atoms with van der Waals surface area (Å²) in [7, 11) is 1.23. The number of ether oxygens (including phenoxy) is 3. The van der Waals surface area contributed by atoms with E-state index in [1.807, 2.05) is 20.8 Å². The molecule has 0 aliphatic carbocycles. The van der Waals surface area contributed by atoms with Crippen LogP contribution in [0, 0.1) is 17.8 Å². The number of hydrogen-bond acceptors (Lipinski definition) is 6. The van der Waals surface area contributed by atoms with Gasteiger partial charge < -0.3 is 28.8 Å². The fourth-order valence-corrected chi connectivity index (χ4v) is 4.64. The first kappa shape index (κ1) is 25.0. The molecule has 0 aromatic heterocycles. The van der Waals surface area contributed by atoms with Gasteiger partial charge in [0.1, 0.15) is 6.10 Å². The van der Waals surface area contributed by atoms with Gasteiger partial charge in [-0.3, -0.25) is 0 Å². The minimum absolute atomic E-state index is 0.0198. The third kappa shape index (κ3) is 5.13. The number of aliphatic hydroxyl groups excluding tert-OH is 1. The Morgan fingerprint density at radius 3 is 2.11 bits per heavy atom. The van der Waals surface area contributed by atoms with Crippen molar-refractivity contribution in [2.24, 2.45) is 17.8 Å². The molecule has 0 amide bonds. The summed E-state index contributed by atoms with van der Waals surface area (Å²) in [5.74, 6) is -2.04. The molecular weight excluding hydrogens is 364 g/mol. The summed E-state index contributed by atoms with van der Waals surface area (Å²) < 4.78 is 23.9. The Bertz CT molecular complexity index is 464. The molecule has 0 aromatic rings. The van der Waals surface area contributed by atoms with E-state index in [2.05, 4.69) is 33.9 Å². The first-order chi connectivity index (χ1) is 12.3. The highest BCUT2D eigenvalue weighted by atomic mass is 28.4. The Kier molecular flexibility index (Phi) is 8.52. The van der Waals surface area contributed by atoms with Crippen LogP contribution in [0.25, 0.3) is 0 Å². The molecule has 6 nitrogen and oxygen atoms in total. The largest absolute Gasteiger partial charge is 0.416 e. The van der Waals surface area contributed by atoms with Crippen molar-refractivity contribution in [1.29, 1.82) is 0 Å². The number of rotatable bonds is 8. The topological polar surface area (TPSA) is 77.4 Å². The van der Waals surface area contributed by atoms with Crippen LogP contribution < -0.4 is 0 Å². The van der Waals surface area contributed by atoms with Crippen molar-refractivity contribution < 1.29 is 28.8 Å². The lowest BCUT2D eigenvalue weighted by atomic mass is 9.78. The van der Waals surface area contributed by atoms with Crippen LogP contribution >= 0.6 is 0 Å². The fourth-order valence-electron chi connectivity index (χ4n) is 3.54. The Morgan fingerprint density at radius 1 is 1.15 bits per heavy atom. The van der Waals surface area contributed by atoms with Crippen molar-refractivity contribution in [2.75, 3.05) is 27.4 Å². The number of hydrogen-bond donors (Lipinski definition) is 2. The Balaban J connectivity index is 3.11. The second-order valence-corrected chi connectivity index (χ2v) is 14.5. The minimum Gasteiger partial charge on any atom is -0.416 e. The summed E-state index contributed by atoms with van der Waals surface area (Å²) in [6.45, 7) is 17.1. The molecule has 7 atom stereocenters. The van der Waals surface area contributed by atoms with Crippen molar-refractivity contribution in [3.05, 3.63) is 0 Å². The zero-order chi connectivity index (χ0) is 21.2. The summed E-state index contributed by atoms with van der Waals surface area (Å²) in [4.78, 5) is 0. The highest BCUT2D eigenvalue weighted by molar-refractivity contribution is 6.74. The van der Waals surface area contributed by atoms with E-state index in [9.17, 15) is 10.2 Å². The molecule has 1 saturated heterocycles. The summed E-state index contributed by atoms with van der Waals surface area (Å²) in [5, 5.41) is 21.3. The zero-order valence-corrected chi connectivity index (χ0v) is 19.9. The molecule has 1 rings (SSSR count). The van der Waals surface area contributed by atoms with Gasteiger partial charge >= 0.3 is 0 Å². The van der Waals surface area contributed by atoms with Gasteiger partial charge in [0.25, 0.3) is 0 Å². The highest BCUT2D eigenvalue weighted by Gasteiger charge is 2.57. The fraction of sp³-hybridized carbons (Fsp3) is 1.00. The van der Waals surface area contributed by atoms with Gasteiger partial charge in [-0.25, -0.2) is 0 Å². The van der Waals surface area contributed by atoms with Crippen LogP contribution in [0.1, 0.15) is 41.5 Å². The summed E-state index contributed by atoms with van der Waals surface area (Å²) >= 11 is 0. The van der Waals surface area contributed by atoms with E-state index in [1.165, 1.54) is 0 Å². The standard InChI is InChI=1S/C20H42O6Si/c1-13(11-21)16-15(3)17(23-7)18(24-8)20(22,26-16)14(2)12-25-27(9,10)19(4,5)6/h13-18,21-22H,11-12H2,1-10H3/t13-,14+,15+,16-,17-,18+,20+/m0/s1. The molecule has 0 aromatic carbocycles. The molecule has 7 heteroatoms. The van der Waals surface area contributed by atoms with Crippen LogP contribution in [-0.2, 0) is 18.6 Å². The lowest BCUT2D eigenvalue weighted by Crippen LogP contribution is -2.67. The summed E-state index contributed by atoms with van der Waals surface area (Å²) in [5.41, 5.74) is 0. The van der Waals surface area contributed by atoms with E-state index >= 15 is 0 Å². The lowest BCUT2D eigenvalue weighted by Gasteiger charge is -2.53. The van der Waals surface area contributed by atoms with Crippen molar-refractivity contribution in [3.63, 3.8) is 0 Å². The molecule has 0 saturated carbocycles. The van der Waals surface area contributed by atoms with Gasteiger partial charge in [0.05, 0.1) is 12.2 Å².